The number of allylic oxidation sites excluding steroid dienone is 2. The van der Waals surface area contributed by atoms with Crippen LogP contribution >= 0.6 is 0 Å². The monoisotopic (exact) mass is 168 g/mol. The zero-order chi connectivity index (χ0) is 9.14. The minimum Gasteiger partial charge on any atom is -0.392 e. The van der Waals surface area contributed by atoms with Gasteiger partial charge in [0.15, 0.2) is 5.78 Å². The largest absolute Gasteiger partial charge is 0.392 e. The van der Waals surface area contributed by atoms with Crippen LogP contribution in [0.5, 0.6) is 0 Å². The Balaban J connectivity index is 2.43. The number of rotatable bonds is 3. The van der Waals surface area contributed by atoms with Gasteiger partial charge in [-0.1, -0.05) is 19.9 Å². The Labute approximate surface area is 73.3 Å². The molecule has 0 saturated heterocycles. The predicted octanol–water partition coefficient (Wildman–Crippen LogP) is 1.54. The average molecular weight is 168 g/mol. The Bertz CT molecular complexity index is 194. The highest BCUT2D eigenvalue weighted by Crippen LogP contribution is 2.22. The van der Waals surface area contributed by atoms with Gasteiger partial charge in [0.2, 0.25) is 0 Å². The van der Waals surface area contributed by atoms with Gasteiger partial charge in [0, 0.05) is 0 Å². The molecular weight excluding hydrogens is 152 g/mol. The van der Waals surface area contributed by atoms with Crippen molar-refractivity contribution >= 4 is 5.78 Å². The van der Waals surface area contributed by atoms with Crippen LogP contribution in [0, 0.1) is 11.8 Å². The number of hydrogen-bond donors (Lipinski definition) is 1. The van der Waals surface area contributed by atoms with E-state index < -0.39 is 6.10 Å². The van der Waals surface area contributed by atoms with Crippen LogP contribution < -0.4 is 0 Å². The van der Waals surface area contributed by atoms with Crippen molar-refractivity contribution in [1.82, 2.24) is 0 Å². The summed E-state index contributed by atoms with van der Waals surface area (Å²) in [6.45, 7) is 4.10. The maximum absolute atomic E-state index is 11.2. The maximum atomic E-state index is 11.2. The Morgan fingerprint density at radius 2 is 2.33 bits per heavy atom. The van der Waals surface area contributed by atoms with Crippen molar-refractivity contribution in [3.63, 3.8) is 0 Å². The van der Waals surface area contributed by atoms with E-state index in [1.807, 2.05) is 6.08 Å². The van der Waals surface area contributed by atoms with Gasteiger partial charge in [0.25, 0.3) is 0 Å². The summed E-state index contributed by atoms with van der Waals surface area (Å²) in [7, 11) is 0. The Morgan fingerprint density at radius 1 is 1.67 bits per heavy atom. The molecule has 0 radical (unpaired) electrons. The summed E-state index contributed by atoms with van der Waals surface area (Å²) in [5.74, 6) is 0.379. The van der Waals surface area contributed by atoms with E-state index in [0.717, 1.165) is 6.42 Å². The zero-order valence-electron chi connectivity index (χ0n) is 7.66. The normalized spacial score (nSPS) is 25.3. The van der Waals surface area contributed by atoms with Gasteiger partial charge in [-0.05, 0) is 24.8 Å². The third kappa shape index (κ3) is 2.18. The fraction of sp³-hybridized carbons (Fsp3) is 0.700. The Kier molecular flexibility index (Phi) is 3.04. The SMILES string of the molecule is CC(C)C[C@@H](O)[C@@H]1CC=CC1=O. The van der Waals surface area contributed by atoms with Crippen molar-refractivity contribution in [2.45, 2.75) is 32.8 Å². The summed E-state index contributed by atoms with van der Waals surface area (Å²) in [6, 6.07) is 0. The van der Waals surface area contributed by atoms with Crippen molar-refractivity contribution in [2.24, 2.45) is 11.8 Å². The lowest BCUT2D eigenvalue weighted by Gasteiger charge is -2.18. The number of aliphatic hydroxyl groups excluding tert-OH is 1. The zero-order valence-corrected chi connectivity index (χ0v) is 7.66. The molecule has 0 aromatic heterocycles. The first-order chi connectivity index (χ1) is 5.61. The van der Waals surface area contributed by atoms with Crippen molar-refractivity contribution in [2.75, 3.05) is 0 Å². The third-order valence-corrected chi connectivity index (χ3v) is 2.21. The fourth-order valence-electron chi connectivity index (χ4n) is 1.56. The molecule has 1 aliphatic carbocycles. The van der Waals surface area contributed by atoms with Gasteiger partial charge in [-0.3, -0.25) is 4.79 Å². The molecule has 12 heavy (non-hydrogen) atoms. The van der Waals surface area contributed by atoms with E-state index in [9.17, 15) is 9.90 Å². The highest BCUT2D eigenvalue weighted by atomic mass is 16.3. The van der Waals surface area contributed by atoms with E-state index in [1.165, 1.54) is 0 Å². The molecule has 2 heteroatoms. The summed E-state index contributed by atoms with van der Waals surface area (Å²) in [6.07, 6.45) is 4.41. The molecule has 0 saturated carbocycles. The van der Waals surface area contributed by atoms with Crippen LogP contribution in [0.1, 0.15) is 26.7 Å². The molecule has 1 N–H and O–H groups in total. The second-order valence-corrected chi connectivity index (χ2v) is 3.84. The van der Waals surface area contributed by atoms with Crippen LogP contribution in [0.15, 0.2) is 12.2 Å². The average Bonchev–Trinajstić information content (AvgIpc) is 2.33. The van der Waals surface area contributed by atoms with Crippen LogP contribution in [0.3, 0.4) is 0 Å². The lowest BCUT2D eigenvalue weighted by Crippen LogP contribution is -2.25. The molecule has 2 nitrogen and oxygen atoms in total. The number of carbonyl (C=O) groups excluding carboxylic acids is 1. The van der Waals surface area contributed by atoms with Crippen LogP contribution in [0.4, 0.5) is 0 Å². The highest BCUT2D eigenvalue weighted by Gasteiger charge is 2.27. The standard InChI is InChI=1S/C10H16O2/c1-7(2)6-10(12)8-4-3-5-9(8)11/h3,5,7-8,10,12H,4,6H2,1-2H3/t8-,10-/m1/s1. The molecule has 1 rings (SSSR count). The minimum atomic E-state index is -0.451. The first-order valence-electron chi connectivity index (χ1n) is 4.49. The van der Waals surface area contributed by atoms with Crippen LogP contribution in [-0.2, 0) is 4.79 Å². The van der Waals surface area contributed by atoms with E-state index in [4.69, 9.17) is 0 Å². The summed E-state index contributed by atoms with van der Waals surface area (Å²) in [4.78, 5) is 11.2. The highest BCUT2D eigenvalue weighted by molar-refractivity contribution is 5.94. The number of carbonyl (C=O) groups is 1. The molecule has 0 bridgehead atoms. The van der Waals surface area contributed by atoms with Crippen molar-refractivity contribution < 1.29 is 9.90 Å². The smallest absolute Gasteiger partial charge is 0.161 e. The van der Waals surface area contributed by atoms with Crippen molar-refractivity contribution in [1.29, 1.82) is 0 Å². The second kappa shape index (κ2) is 3.85. The van der Waals surface area contributed by atoms with E-state index in [2.05, 4.69) is 13.8 Å². The Morgan fingerprint density at radius 3 is 2.75 bits per heavy atom. The lowest BCUT2D eigenvalue weighted by molar-refractivity contribution is -0.120. The predicted molar refractivity (Wildman–Crippen MR) is 47.7 cm³/mol. The van der Waals surface area contributed by atoms with E-state index in [0.29, 0.717) is 12.3 Å². The number of ketones is 1. The fourth-order valence-corrected chi connectivity index (χ4v) is 1.56. The molecule has 0 aromatic rings. The van der Waals surface area contributed by atoms with E-state index in [-0.39, 0.29) is 11.7 Å². The molecule has 0 spiro atoms. The topological polar surface area (TPSA) is 37.3 Å². The van der Waals surface area contributed by atoms with Crippen LogP contribution in [0.25, 0.3) is 0 Å². The van der Waals surface area contributed by atoms with Gasteiger partial charge in [-0.2, -0.15) is 0 Å². The quantitative estimate of drug-likeness (QED) is 0.694. The van der Waals surface area contributed by atoms with Gasteiger partial charge in [-0.25, -0.2) is 0 Å². The van der Waals surface area contributed by atoms with Crippen molar-refractivity contribution in [3.8, 4) is 0 Å². The maximum Gasteiger partial charge on any atom is 0.161 e. The lowest BCUT2D eigenvalue weighted by atomic mass is 9.92. The van der Waals surface area contributed by atoms with Gasteiger partial charge in [0.05, 0.1) is 12.0 Å². The third-order valence-electron chi connectivity index (χ3n) is 2.21. The van der Waals surface area contributed by atoms with Crippen LogP contribution in [-0.4, -0.2) is 17.0 Å². The van der Waals surface area contributed by atoms with Gasteiger partial charge >= 0.3 is 0 Å². The summed E-state index contributed by atoms with van der Waals surface area (Å²) in [5.41, 5.74) is 0. The molecular formula is C10H16O2. The van der Waals surface area contributed by atoms with Crippen molar-refractivity contribution in [3.05, 3.63) is 12.2 Å². The molecule has 0 aliphatic heterocycles. The summed E-state index contributed by atoms with van der Waals surface area (Å²) < 4.78 is 0. The van der Waals surface area contributed by atoms with E-state index >= 15 is 0 Å². The Hall–Kier alpha value is -0.630. The molecule has 1 aliphatic rings. The van der Waals surface area contributed by atoms with Gasteiger partial charge < -0.3 is 5.11 Å². The first kappa shape index (κ1) is 9.46. The second-order valence-electron chi connectivity index (χ2n) is 3.84. The van der Waals surface area contributed by atoms with Crippen LogP contribution in [0.2, 0.25) is 0 Å². The number of aliphatic hydroxyl groups is 1. The van der Waals surface area contributed by atoms with Gasteiger partial charge in [0.1, 0.15) is 0 Å². The molecule has 0 heterocycles. The summed E-state index contributed by atoms with van der Waals surface area (Å²) >= 11 is 0. The molecule has 2 atom stereocenters. The van der Waals surface area contributed by atoms with E-state index in [1.54, 1.807) is 6.08 Å². The molecule has 0 aromatic carbocycles. The molecule has 0 unspecified atom stereocenters. The minimum absolute atomic E-state index is 0.0863. The van der Waals surface area contributed by atoms with Gasteiger partial charge in [-0.15, -0.1) is 0 Å². The first-order valence-corrected chi connectivity index (χ1v) is 4.49. The number of hydrogen-bond acceptors (Lipinski definition) is 2. The summed E-state index contributed by atoms with van der Waals surface area (Å²) in [5, 5.41) is 9.63. The molecule has 0 fully saturated rings. The molecule has 68 valence electrons. The molecule has 0 amide bonds.